The molecule has 2 aromatic rings. The number of hydrogen-bond acceptors (Lipinski definition) is 5. The summed E-state index contributed by atoms with van der Waals surface area (Å²) in [6, 6.07) is 7.85. The van der Waals surface area contributed by atoms with Crippen LogP contribution in [-0.2, 0) is 15.3 Å². The first-order chi connectivity index (χ1) is 9.18. The van der Waals surface area contributed by atoms with Gasteiger partial charge in [-0.05, 0) is 11.0 Å². The minimum absolute atomic E-state index is 0.0698. The molecule has 0 radical (unpaired) electrons. The molecule has 1 aromatic heterocycles. The van der Waals surface area contributed by atoms with Crippen LogP contribution in [0.3, 0.4) is 0 Å². The van der Waals surface area contributed by atoms with Gasteiger partial charge in [0.2, 0.25) is 9.84 Å². The fourth-order valence-electron chi connectivity index (χ4n) is 1.72. The van der Waals surface area contributed by atoms with Crippen molar-refractivity contribution in [1.29, 1.82) is 0 Å². The van der Waals surface area contributed by atoms with Crippen molar-refractivity contribution in [2.24, 2.45) is 0 Å². The molecule has 0 bridgehead atoms. The van der Waals surface area contributed by atoms with Crippen LogP contribution in [0, 0.1) is 0 Å². The number of rotatable bonds is 2. The number of nitrogens with zero attached hydrogens (tertiary/aromatic N) is 3. The average molecular weight is 291 g/mol. The van der Waals surface area contributed by atoms with Crippen molar-refractivity contribution in [2.45, 2.75) is 31.3 Å². The molecule has 0 unspecified atom stereocenters. The van der Waals surface area contributed by atoms with E-state index in [0.29, 0.717) is 5.69 Å². The summed E-state index contributed by atoms with van der Waals surface area (Å²) in [5.74, 6) is 0. The zero-order chi connectivity index (χ0) is 15.0. The van der Waals surface area contributed by atoms with Crippen LogP contribution in [0.25, 0.3) is 11.3 Å². The van der Waals surface area contributed by atoms with Gasteiger partial charge < -0.3 is 0 Å². The van der Waals surface area contributed by atoms with E-state index in [-0.39, 0.29) is 10.6 Å². The van der Waals surface area contributed by atoms with Crippen molar-refractivity contribution in [1.82, 2.24) is 15.2 Å². The van der Waals surface area contributed by atoms with Gasteiger partial charge in [-0.3, -0.25) is 0 Å². The zero-order valence-electron chi connectivity index (χ0n) is 12.0. The Morgan fingerprint density at radius 2 is 1.65 bits per heavy atom. The molecule has 0 spiro atoms. The van der Waals surface area contributed by atoms with Crippen molar-refractivity contribution in [3.8, 4) is 11.3 Å². The second kappa shape index (κ2) is 4.94. The Morgan fingerprint density at radius 3 is 2.15 bits per heavy atom. The van der Waals surface area contributed by atoms with Gasteiger partial charge in [-0.15, -0.1) is 5.10 Å². The monoisotopic (exact) mass is 291 g/mol. The molecule has 0 saturated carbocycles. The third kappa shape index (κ3) is 3.19. The van der Waals surface area contributed by atoms with Crippen LogP contribution >= 0.6 is 0 Å². The van der Waals surface area contributed by atoms with Crippen LogP contribution in [0.15, 0.2) is 35.6 Å². The quantitative estimate of drug-likeness (QED) is 0.848. The summed E-state index contributed by atoms with van der Waals surface area (Å²) in [4.78, 5) is 4.04. The highest BCUT2D eigenvalue weighted by Gasteiger charge is 2.15. The molecule has 6 heteroatoms. The van der Waals surface area contributed by atoms with E-state index in [1.807, 2.05) is 24.3 Å². The Kier molecular flexibility index (Phi) is 3.60. The summed E-state index contributed by atoms with van der Waals surface area (Å²) in [6.45, 7) is 6.40. The third-order valence-electron chi connectivity index (χ3n) is 2.92. The summed E-state index contributed by atoms with van der Waals surface area (Å²) < 4.78 is 22.9. The maximum Gasteiger partial charge on any atom is 0.267 e. The van der Waals surface area contributed by atoms with Gasteiger partial charge in [0.25, 0.3) is 5.16 Å². The molecule has 106 valence electrons. The van der Waals surface area contributed by atoms with E-state index in [4.69, 9.17) is 0 Å². The molecule has 1 aromatic carbocycles. The molecular weight excluding hydrogens is 274 g/mol. The molecule has 0 N–H and O–H groups in total. The van der Waals surface area contributed by atoms with Gasteiger partial charge in [-0.2, -0.15) is 5.10 Å². The smallest absolute Gasteiger partial charge is 0.221 e. The van der Waals surface area contributed by atoms with Crippen LogP contribution in [0.5, 0.6) is 0 Å². The van der Waals surface area contributed by atoms with Crippen molar-refractivity contribution in [3.05, 3.63) is 36.0 Å². The molecule has 0 saturated heterocycles. The maximum atomic E-state index is 11.4. The van der Waals surface area contributed by atoms with Gasteiger partial charge in [0.05, 0.1) is 11.9 Å². The minimum atomic E-state index is -3.45. The summed E-state index contributed by atoms with van der Waals surface area (Å²) in [7, 11) is -3.45. The van der Waals surface area contributed by atoms with Gasteiger partial charge in [0, 0.05) is 11.8 Å². The molecule has 0 amide bonds. The predicted octanol–water partition coefficient (Wildman–Crippen LogP) is 2.24. The highest BCUT2D eigenvalue weighted by Crippen LogP contribution is 2.25. The second-order valence-electron chi connectivity index (χ2n) is 5.72. The lowest BCUT2D eigenvalue weighted by Crippen LogP contribution is -2.10. The normalized spacial score (nSPS) is 12.4. The highest BCUT2D eigenvalue weighted by atomic mass is 32.2. The summed E-state index contributed by atoms with van der Waals surface area (Å²) >= 11 is 0. The first-order valence-electron chi connectivity index (χ1n) is 6.18. The first-order valence-corrected chi connectivity index (χ1v) is 8.08. The molecule has 1 heterocycles. The van der Waals surface area contributed by atoms with E-state index in [9.17, 15) is 8.42 Å². The molecule has 0 atom stereocenters. The fraction of sp³-hybridized carbons (Fsp3) is 0.357. The number of sulfone groups is 1. The molecular formula is C14H17N3O2S. The molecule has 20 heavy (non-hydrogen) atoms. The zero-order valence-corrected chi connectivity index (χ0v) is 12.8. The Bertz CT molecular complexity index is 717. The number of aromatic nitrogens is 3. The lowest BCUT2D eigenvalue weighted by molar-refractivity contribution is 0.589. The Hall–Kier alpha value is -1.82. The molecule has 5 nitrogen and oxygen atoms in total. The predicted molar refractivity (Wildman–Crippen MR) is 77.1 cm³/mol. The summed E-state index contributed by atoms with van der Waals surface area (Å²) in [5, 5.41) is 7.00. The van der Waals surface area contributed by atoms with Crippen molar-refractivity contribution >= 4 is 9.84 Å². The van der Waals surface area contributed by atoms with Crippen LogP contribution < -0.4 is 0 Å². The van der Waals surface area contributed by atoms with Crippen molar-refractivity contribution < 1.29 is 8.42 Å². The minimum Gasteiger partial charge on any atom is -0.221 e. The number of benzene rings is 1. The fourth-order valence-corrected chi connectivity index (χ4v) is 2.18. The van der Waals surface area contributed by atoms with E-state index >= 15 is 0 Å². The maximum absolute atomic E-state index is 11.4. The van der Waals surface area contributed by atoms with E-state index in [0.717, 1.165) is 11.8 Å². The van der Waals surface area contributed by atoms with Crippen molar-refractivity contribution in [3.63, 3.8) is 0 Å². The standard InChI is InChI=1S/C14H17N3O2S/c1-14(2,3)11-7-5-10(6-8-11)12-9-15-17-13(16-12)20(4,18)19/h5-9H,1-4H3. The Labute approximate surface area is 119 Å². The van der Waals surface area contributed by atoms with E-state index < -0.39 is 9.84 Å². The summed E-state index contributed by atoms with van der Waals surface area (Å²) in [5.41, 5.74) is 2.59. The molecule has 0 aliphatic rings. The van der Waals surface area contributed by atoms with E-state index in [2.05, 4.69) is 36.0 Å². The average Bonchev–Trinajstić information content (AvgIpc) is 2.37. The van der Waals surface area contributed by atoms with E-state index in [1.54, 1.807) is 0 Å². The van der Waals surface area contributed by atoms with Gasteiger partial charge in [0.15, 0.2) is 0 Å². The lowest BCUT2D eigenvalue weighted by atomic mass is 9.86. The molecule has 0 aliphatic carbocycles. The van der Waals surface area contributed by atoms with Crippen LogP contribution in [0.1, 0.15) is 26.3 Å². The van der Waals surface area contributed by atoms with Crippen molar-refractivity contribution in [2.75, 3.05) is 6.26 Å². The second-order valence-corrected chi connectivity index (χ2v) is 7.63. The first kappa shape index (κ1) is 14.6. The molecule has 0 aliphatic heterocycles. The largest absolute Gasteiger partial charge is 0.267 e. The van der Waals surface area contributed by atoms with Gasteiger partial charge in [-0.1, -0.05) is 45.0 Å². The van der Waals surface area contributed by atoms with Crippen LogP contribution in [0.2, 0.25) is 0 Å². The molecule has 2 rings (SSSR count). The Morgan fingerprint density at radius 1 is 1.05 bits per heavy atom. The van der Waals surface area contributed by atoms with Gasteiger partial charge >= 0.3 is 0 Å². The SMILES string of the molecule is CC(C)(C)c1ccc(-c2cnnc(S(C)(=O)=O)n2)cc1. The van der Waals surface area contributed by atoms with Crippen LogP contribution in [0.4, 0.5) is 0 Å². The van der Waals surface area contributed by atoms with Gasteiger partial charge in [0.1, 0.15) is 0 Å². The van der Waals surface area contributed by atoms with Gasteiger partial charge in [-0.25, -0.2) is 13.4 Å². The lowest BCUT2D eigenvalue weighted by Gasteiger charge is -2.19. The molecule has 0 fully saturated rings. The Balaban J connectivity index is 2.43. The number of hydrogen-bond donors (Lipinski definition) is 0. The summed E-state index contributed by atoms with van der Waals surface area (Å²) in [6.07, 6.45) is 2.53. The van der Waals surface area contributed by atoms with Crippen LogP contribution in [-0.4, -0.2) is 29.9 Å². The third-order valence-corrected chi connectivity index (χ3v) is 3.75. The topological polar surface area (TPSA) is 72.8 Å². The van der Waals surface area contributed by atoms with E-state index in [1.165, 1.54) is 11.8 Å². The highest BCUT2D eigenvalue weighted by molar-refractivity contribution is 7.90.